The molecule has 0 bridgehead atoms. The fourth-order valence-corrected chi connectivity index (χ4v) is 5.48. The average Bonchev–Trinajstić information content (AvgIpc) is 3.52. The molecule has 0 saturated carbocycles. The molecule has 0 amide bonds. The van der Waals surface area contributed by atoms with Crippen LogP contribution in [0.15, 0.2) is 77.7 Å². The van der Waals surface area contributed by atoms with Crippen LogP contribution in [0.1, 0.15) is 32.1 Å². The van der Waals surface area contributed by atoms with E-state index in [-0.39, 0.29) is 5.56 Å². The number of ether oxygens (including phenoxy) is 2. The minimum Gasteiger partial charge on any atom is -0.493 e. The topological polar surface area (TPSA) is 81.3 Å². The summed E-state index contributed by atoms with van der Waals surface area (Å²) in [5.74, 6) is 0.962. The maximum atomic E-state index is 13.0. The minimum absolute atomic E-state index is 0.107. The Morgan fingerprint density at radius 2 is 1.94 bits per heavy atom. The second-order valence-corrected chi connectivity index (χ2v) is 9.76. The lowest BCUT2D eigenvalue weighted by molar-refractivity contribution is 0.0739. The summed E-state index contributed by atoms with van der Waals surface area (Å²) in [7, 11) is 0. The molecule has 1 N–H and O–H groups in total. The van der Waals surface area contributed by atoms with E-state index >= 15 is 0 Å². The number of rotatable bonds is 5. The van der Waals surface area contributed by atoms with Crippen molar-refractivity contribution < 1.29 is 14.3 Å². The number of pyridine rings is 1. The molecule has 0 saturated heterocycles. The van der Waals surface area contributed by atoms with Crippen LogP contribution in [0.4, 0.5) is 0 Å². The summed E-state index contributed by atoms with van der Waals surface area (Å²) in [4.78, 5) is 33.1. The first-order chi connectivity index (χ1) is 17.5. The lowest BCUT2D eigenvalue weighted by Crippen LogP contribution is -2.09. The van der Waals surface area contributed by atoms with Gasteiger partial charge in [-0.05, 0) is 71.8 Å². The molecule has 6 nitrogen and oxygen atoms in total. The van der Waals surface area contributed by atoms with Gasteiger partial charge in [0.2, 0.25) is 0 Å². The number of aromatic nitrogens is 2. The van der Waals surface area contributed by atoms with Gasteiger partial charge in [-0.15, -0.1) is 11.3 Å². The Balaban J connectivity index is 1.22. The average molecular weight is 495 g/mol. The van der Waals surface area contributed by atoms with Crippen LogP contribution in [-0.2, 0) is 12.8 Å². The summed E-state index contributed by atoms with van der Waals surface area (Å²) in [6, 6.07) is 21.0. The molecule has 1 aliphatic rings. The molecule has 0 spiro atoms. The van der Waals surface area contributed by atoms with Gasteiger partial charge < -0.3 is 14.5 Å². The number of benzene rings is 3. The van der Waals surface area contributed by atoms with Gasteiger partial charge in [0.1, 0.15) is 21.4 Å². The Morgan fingerprint density at radius 1 is 1.08 bits per heavy atom. The van der Waals surface area contributed by atoms with Crippen molar-refractivity contribution in [3.05, 3.63) is 111 Å². The highest BCUT2D eigenvalue weighted by molar-refractivity contribution is 7.17. The first-order valence-corrected chi connectivity index (χ1v) is 12.5. The first-order valence-electron chi connectivity index (χ1n) is 11.7. The number of esters is 1. The van der Waals surface area contributed by atoms with E-state index in [0.717, 1.165) is 44.8 Å². The zero-order chi connectivity index (χ0) is 24.6. The molecular formula is C29H22N2O4S. The zero-order valence-corrected chi connectivity index (χ0v) is 20.4. The molecule has 2 aromatic heterocycles. The van der Waals surface area contributed by atoms with Gasteiger partial charge in [0.25, 0.3) is 5.56 Å². The van der Waals surface area contributed by atoms with E-state index in [9.17, 15) is 9.59 Å². The van der Waals surface area contributed by atoms with Crippen LogP contribution in [0.25, 0.3) is 21.3 Å². The summed E-state index contributed by atoms with van der Waals surface area (Å²) >= 11 is 1.33. The van der Waals surface area contributed by atoms with Crippen LogP contribution in [0.3, 0.4) is 0 Å². The van der Waals surface area contributed by atoms with E-state index in [1.165, 1.54) is 11.3 Å². The Hall–Kier alpha value is -4.23. The van der Waals surface area contributed by atoms with Gasteiger partial charge in [-0.2, -0.15) is 0 Å². The van der Waals surface area contributed by atoms with Gasteiger partial charge >= 0.3 is 5.97 Å². The van der Waals surface area contributed by atoms with Gasteiger partial charge in [-0.3, -0.25) is 4.79 Å². The highest BCUT2D eigenvalue weighted by Gasteiger charge is 2.20. The molecule has 3 heterocycles. The van der Waals surface area contributed by atoms with Crippen LogP contribution in [0.5, 0.6) is 11.5 Å². The van der Waals surface area contributed by atoms with Crippen LogP contribution in [0, 0.1) is 6.92 Å². The van der Waals surface area contributed by atoms with E-state index in [2.05, 4.69) is 16.0 Å². The molecule has 0 fully saturated rings. The summed E-state index contributed by atoms with van der Waals surface area (Å²) in [6.07, 6.45) is 3.22. The maximum absolute atomic E-state index is 13.0. The third-order valence-corrected chi connectivity index (χ3v) is 7.50. The van der Waals surface area contributed by atoms with E-state index < -0.39 is 5.97 Å². The highest BCUT2D eigenvalue weighted by atomic mass is 32.1. The lowest BCUT2D eigenvalue weighted by atomic mass is 10.0. The summed E-state index contributed by atoms with van der Waals surface area (Å²) in [5.41, 5.74) is 4.64. The van der Waals surface area contributed by atoms with Gasteiger partial charge in [0.05, 0.1) is 12.3 Å². The van der Waals surface area contributed by atoms with Crippen molar-refractivity contribution in [2.24, 2.45) is 0 Å². The van der Waals surface area contributed by atoms with E-state index in [0.29, 0.717) is 34.7 Å². The third kappa shape index (κ3) is 4.18. The quantitative estimate of drug-likeness (QED) is 0.250. The molecule has 1 aliphatic heterocycles. The van der Waals surface area contributed by atoms with Crippen molar-refractivity contribution in [3.63, 3.8) is 0 Å². The lowest BCUT2D eigenvalue weighted by Gasteiger charge is -2.08. The molecule has 5 aromatic rings. The van der Waals surface area contributed by atoms with Crippen LogP contribution >= 0.6 is 11.3 Å². The number of hydrogen-bond donors (Lipinski definition) is 1. The van der Waals surface area contributed by atoms with Crippen molar-refractivity contribution in [1.82, 2.24) is 9.97 Å². The molecule has 0 unspecified atom stereocenters. The Kier molecular flexibility index (Phi) is 5.62. The second-order valence-electron chi connectivity index (χ2n) is 8.76. The van der Waals surface area contributed by atoms with Gasteiger partial charge in [-0.25, -0.2) is 9.78 Å². The molecule has 0 radical (unpaired) electrons. The van der Waals surface area contributed by atoms with Crippen LogP contribution < -0.4 is 15.0 Å². The van der Waals surface area contributed by atoms with Gasteiger partial charge in [0, 0.05) is 23.6 Å². The molecule has 3 aromatic carbocycles. The normalized spacial score (nSPS) is 12.4. The molecular weight excluding hydrogens is 472 g/mol. The van der Waals surface area contributed by atoms with E-state index in [4.69, 9.17) is 9.47 Å². The number of nitrogens with zero attached hydrogens (tertiary/aromatic N) is 1. The van der Waals surface area contributed by atoms with Crippen molar-refractivity contribution in [2.45, 2.75) is 19.8 Å². The number of aryl methyl sites for hydroxylation is 1. The Labute approximate surface area is 211 Å². The fourth-order valence-electron chi connectivity index (χ4n) is 4.54. The largest absolute Gasteiger partial charge is 0.493 e. The second kappa shape index (κ2) is 9.09. The van der Waals surface area contributed by atoms with Crippen molar-refractivity contribution in [1.29, 1.82) is 0 Å². The Bertz CT molecular complexity index is 1680. The number of fused-ring (bicyclic) bond motifs is 2. The van der Waals surface area contributed by atoms with Crippen molar-refractivity contribution in [2.75, 3.05) is 6.61 Å². The minimum atomic E-state index is -0.424. The Morgan fingerprint density at radius 3 is 2.83 bits per heavy atom. The first kappa shape index (κ1) is 22.2. The molecule has 0 aliphatic carbocycles. The summed E-state index contributed by atoms with van der Waals surface area (Å²) in [6.45, 7) is 2.52. The van der Waals surface area contributed by atoms with Crippen LogP contribution in [0.2, 0.25) is 0 Å². The number of H-pyrrole nitrogens is 1. The molecule has 178 valence electrons. The van der Waals surface area contributed by atoms with E-state index in [1.54, 1.807) is 12.3 Å². The number of carbonyl (C=O) groups excluding carboxylic acids is 1. The van der Waals surface area contributed by atoms with Gasteiger partial charge in [0.15, 0.2) is 0 Å². The maximum Gasteiger partial charge on any atom is 0.355 e. The molecule has 7 heteroatoms. The summed E-state index contributed by atoms with van der Waals surface area (Å²) < 4.78 is 11.3. The number of hydrogen-bond acceptors (Lipinski definition) is 6. The predicted octanol–water partition coefficient (Wildman–Crippen LogP) is 5.70. The highest BCUT2D eigenvalue weighted by Crippen LogP contribution is 2.34. The standard InChI is InChI=1S/C29H22N2O4S/c1-17-26(36-28(31-17)20-9-10-25-19(15-20)11-12-34-25)29(33)35-22-6-4-5-18(14-22)13-21-16-30-27(32)24-8-3-2-7-23(21)24/h2-10,14-16H,11-13H2,1H3,(H,30,32). The van der Waals surface area contributed by atoms with Gasteiger partial charge in [-0.1, -0.05) is 30.3 Å². The molecule has 0 atom stereocenters. The predicted molar refractivity (Wildman–Crippen MR) is 140 cm³/mol. The third-order valence-electron chi connectivity index (χ3n) is 6.32. The van der Waals surface area contributed by atoms with E-state index in [1.807, 2.05) is 61.5 Å². The number of thiazole rings is 1. The number of carbonyl (C=O) groups is 1. The molecule has 36 heavy (non-hydrogen) atoms. The molecule has 6 rings (SSSR count). The smallest absolute Gasteiger partial charge is 0.355 e. The zero-order valence-electron chi connectivity index (χ0n) is 19.5. The number of nitrogens with one attached hydrogen (secondary N) is 1. The monoisotopic (exact) mass is 494 g/mol. The summed E-state index contributed by atoms with van der Waals surface area (Å²) in [5, 5.41) is 2.35. The van der Waals surface area contributed by atoms with Crippen molar-refractivity contribution >= 4 is 28.1 Å². The van der Waals surface area contributed by atoms with Crippen molar-refractivity contribution in [3.8, 4) is 22.1 Å². The van der Waals surface area contributed by atoms with Crippen LogP contribution in [-0.4, -0.2) is 22.5 Å². The number of aromatic amines is 1. The SMILES string of the molecule is Cc1nc(-c2ccc3c(c2)CCO3)sc1C(=O)Oc1cccc(Cc2c[nH]c(=O)c3ccccc23)c1. The fraction of sp³-hybridized carbons (Fsp3) is 0.138.